The van der Waals surface area contributed by atoms with Gasteiger partial charge < -0.3 is 4.42 Å². The van der Waals surface area contributed by atoms with Gasteiger partial charge in [0, 0.05) is 0 Å². The molecule has 0 fully saturated rings. The first kappa shape index (κ1) is 17.3. The van der Waals surface area contributed by atoms with Crippen LogP contribution >= 0.6 is 11.8 Å². The Kier molecular flexibility index (Phi) is 4.93. The molecule has 0 aliphatic carbocycles. The molecule has 9 heteroatoms. The average molecular weight is 385 g/mol. The van der Waals surface area contributed by atoms with Crippen LogP contribution in [0.2, 0.25) is 0 Å². The van der Waals surface area contributed by atoms with Crippen LogP contribution in [-0.2, 0) is 6.54 Å². The number of aromatic nitrogens is 5. The number of benzene rings is 2. The van der Waals surface area contributed by atoms with E-state index in [4.69, 9.17) is 4.42 Å². The third kappa shape index (κ3) is 4.20. The minimum Gasteiger partial charge on any atom is -0.414 e. The smallest absolute Gasteiger partial charge is 0.277 e. The lowest BCUT2D eigenvalue weighted by atomic mass is 10.0. The second-order valence-corrected chi connectivity index (χ2v) is 6.71. The molecule has 0 aliphatic heterocycles. The van der Waals surface area contributed by atoms with Crippen LogP contribution in [0.25, 0.3) is 0 Å². The van der Waals surface area contributed by atoms with Crippen molar-refractivity contribution in [3.05, 3.63) is 89.8 Å². The average Bonchev–Trinajstić information content (AvgIpc) is 3.34. The molecule has 27 heavy (non-hydrogen) atoms. The van der Waals surface area contributed by atoms with Crippen LogP contribution in [0.4, 0.5) is 8.78 Å². The number of halogens is 2. The van der Waals surface area contributed by atoms with Crippen LogP contribution in [0.5, 0.6) is 0 Å². The van der Waals surface area contributed by atoms with Gasteiger partial charge in [-0.05, 0) is 35.4 Å². The number of nitrogens with zero attached hydrogens (tertiary/aromatic N) is 5. The van der Waals surface area contributed by atoms with Crippen LogP contribution in [-0.4, -0.2) is 25.0 Å². The molecule has 4 rings (SSSR count). The number of thioether (sulfide) groups is 1. The molecule has 0 unspecified atom stereocenters. The molecule has 0 atom stereocenters. The Labute approximate surface area is 157 Å². The third-order valence-electron chi connectivity index (χ3n) is 3.78. The van der Waals surface area contributed by atoms with Crippen LogP contribution < -0.4 is 0 Å². The van der Waals surface area contributed by atoms with Gasteiger partial charge in [-0.1, -0.05) is 36.0 Å². The van der Waals surface area contributed by atoms with Gasteiger partial charge in [0.15, 0.2) is 0 Å². The predicted octanol–water partition coefficient (Wildman–Crippen LogP) is 3.87. The first-order valence-electron chi connectivity index (χ1n) is 8.00. The Hall–Kier alpha value is -3.07. The van der Waals surface area contributed by atoms with E-state index in [0.717, 1.165) is 11.1 Å². The standard InChI is InChI=1S/C18H13F2N5OS/c19-14-5-1-12(2-6-14)17(13-3-7-15(20)8-4-13)27-18-24-23-16(26-18)9-25-11-21-10-22-25/h1-8,10-11,17H,9H2. The van der Waals surface area contributed by atoms with E-state index >= 15 is 0 Å². The van der Waals surface area contributed by atoms with Gasteiger partial charge in [0.25, 0.3) is 5.22 Å². The lowest BCUT2D eigenvalue weighted by Gasteiger charge is -2.15. The summed E-state index contributed by atoms with van der Waals surface area (Å²) < 4.78 is 33.9. The van der Waals surface area contributed by atoms with Crippen molar-refractivity contribution in [2.75, 3.05) is 0 Å². The molecular weight excluding hydrogens is 372 g/mol. The third-order valence-corrected chi connectivity index (χ3v) is 4.92. The number of hydrogen-bond acceptors (Lipinski definition) is 6. The van der Waals surface area contributed by atoms with Gasteiger partial charge >= 0.3 is 0 Å². The number of hydrogen-bond donors (Lipinski definition) is 0. The van der Waals surface area contributed by atoms with Gasteiger partial charge in [-0.3, -0.25) is 0 Å². The summed E-state index contributed by atoms with van der Waals surface area (Å²) in [6.45, 7) is 0.311. The van der Waals surface area contributed by atoms with E-state index in [1.54, 1.807) is 35.3 Å². The number of rotatable bonds is 6. The summed E-state index contributed by atoms with van der Waals surface area (Å²) in [4.78, 5) is 3.86. The Balaban J connectivity index is 1.60. The summed E-state index contributed by atoms with van der Waals surface area (Å²) in [6, 6.07) is 12.3. The lowest BCUT2D eigenvalue weighted by Crippen LogP contribution is -1.99. The zero-order valence-electron chi connectivity index (χ0n) is 13.9. The molecule has 2 aromatic carbocycles. The molecule has 0 saturated carbocycles. The quantitative estimate of drug-likeness (QED) is 0.469. The van der Waals surface area contributed by atoms with Gasteiger partial charge in [-0.2, -0.15) is 5.10 Å². The molecule has 0 spiro atoms. The van der Waals surface area contributed by atoms with Crippen LogP contribution in [0, 0.1) is 11.6 Å². The first-order chi connectivity index (χ1) is 13.2. The molecule has 6 nitrogen and oxygen atoms in total. The van der Waals surface area contributed by atoms with E-state index in [9.17, 15) is 8.78 Å². The molecule has 2 aromatic heterocycles. The predicted molar refractivity (Wildman–Crippen MR) is 93.9 cm³/mol. The van der Waals surface area contributed by atoms with E-state index in [1.807, 2.05) is 0 Å². The molecule has 0 saturated heterocycles. The van der Waals surface area contributed by atoms with E-state index in [0.29, 0.717) is 17.7 Å². The van der Waals surface area contributed by atoms with Crippen molar-refractivity contribution in [1.82, 2.24) is 25.0 Å². The van der Waals surface area contributed by atoms with Crippen molar-refractivity contribution in [2.24, 2.45) is 0 Å². The maximum atomic E-state index is 13.3. The second-order valence-electron chi connectivity index (χ2n) is 5.66. The van der Waals surface area contributed by atoms with Crippen molar-refractivity contribution in [3.63, 3.8) is 0 Å². The van der Waals surface area contributed by atoms with E-state index < -0.39 is 0 Å². The van der Waals surface area contributed by atoms with E-state index in [1.165, 1.54) is 42.4 Å². The molecule has 4 aromatic rings. The van der Waals surface area contributed by atoms with Crippen molar-refractivity contribution in [2.45, 2.75) is 17.0 Å². The van der Waals surface area contributed by atoms with Crippen molar-refractivity contribution < 1.29 is 13.2 Å². The normalized spacial score (nSPS) is 11.2. The zero-order valence-corrected chi connectivity index (χ0v) is 14.7. The summed E-state index contributed by atoms with van der Waals surface area (Å²) in [5.74, 6) is -0.260. The summed E-state index contributed by atoms with van der Waals surface area (Å²) in [5.41, 5.74) is 1.67. The minimum atomic E-state index is -0.325. The lowest BCUT2D eigenvalue weighted by molar-refractivity contribution is 0.397. The fourth-order valence-corrected chi connectivity index (χ4v) is 3.53. The maximum absolute atomic E-state index is 13.3. The Morgan fingerprint density at radius 1 is 0.926 bits per heavy atom. The fourth-order valence-electron chi connectivity index (χ4n) is 2.51. The molecule has 0 radical (unpaired) electrons. The minimum absolute atomic E-state index is 0.258. The molecule has 0 bridgehead atoms. The van der Waals surface area contributed by atoms with E-state index in [-0.39, 0.29) is 16.9 Å². The fraction of sp³-hybridized carbons (Fsp3) is 0.111. The van der Waals surface area contributed by atoms with Crippen molar-refractivity contribution >= 4 is 11.8 Å². The van der Waals surface area contributed by atoms with Gasteiger partial charge in [-0.25, -0.2) is 18.4 Å². The van der Waals surface area contributed by atoms with Crippen LogP contribution in [0.15, 0.2) is 70.8 Å². The molecular formula is C18H13F2N5OS. The molecule has 0 aliphatic rings. The van der Waals surface area contributed by atoms with E-state index in [2.05, 4.69) is 20.3 Å². The van der Waals surface area contributed by atoms with Gasteiger partial charge in [0.1, 0.15) is 30.8 Å². The zero-order chi connectivity index (χ0) is 18.6. The van der Waals surface area contributed by atoms with Crippen molar-refractivity contribution in [3.8, 4) is 0 Å². The second kappa shape index (κ2) is 7.67. The van der Waals surface area contributed by atoms with Crippen LogP contribution in [0.1, 0.15) is 22.3 Å². The molecule has 136 valence electrons. The maximum Gasteiger partial charge on any atom is 0.277 e. The van der Waals surface area contributed by atoms with Gasteiger partial charge in [-0.15, -0.1) is 10.2 Å². The van der Waals surface area contributed by atoms with Crippen LogP contribution in [0.3, 0.4) is 0 Å². The molecule has 0 amide bonds. The highest BCUT2D eigenvalue weighted by Crippen LogP contribution is 2.40. The highest BCUT2D eigenvalue weighted by molar-refractivity contribution is 7.99. The van der Waals surface area contributed by atoms with Crippen molar-refractivity contribution in [1.29, 1.82) is 0 Å². The highest BCUT2D eigenvalue weighted by atomic mass is 32.2. The topological polar surface area (TPSA) is 69.6 Å². The van der Waals surface area contributed by atoms with Gasteiger partial charge in [0.2, 0.25) is 5.89 Å². The summed E-state index contributed by atoms with van der Waals surface area (Å²) in [5, 5.41) is 12.2. The summed E-state index contributed by atoms with van der Waals surface area (Å²) in [7, 11) is 0. The Bertz CT molecular complexity index is 958. The largest absolute Gasteiger partial charge is 0.414 e. The summed E-state index contributed by atoms with van der Waals surface area (Å²) in [6.07, 6.45) is 2.97. The first-order valence-corrected chi connectivity index (χ1v) is 8.88. The Morgan fingerprint density at radius 2 is 1.56 bits per heavy atom. The SMILES string of the molecule is Fc1ccc(C(Sc2nnc(Cn3cncn3)o2)c2ccc(F)cc2)cc1. The summed E-state index contributed by atoms with van der Waals surface area (Å²) >= 11 is 1.31. The monoisotopic (exact) mass is 385 g/mol. The highest BCUT2D eigenvalue weighted by Gasteiger charge is 2.20. The molecule has 0 N–H and O–H groups in total. The Morgan fingerprint density at radius 3 is 2.11 bits per heavy atom. The van der Waals surface area contributed by atoms with Gasteiger partial charge in [0.05, 0.1) is 5.25 Å². The molecule has 2 heterocycles.